The van der Waals surface area contributed by atoms with Crippen LogP contribution in [0.4, 0.5) is 5.69 Å². The topological polar surface area (TPSA) is 75.7 Å². The van der Waals surface area contributed by atoms with E-state index in [2.05, 4.69) is 15.9 Å². The summed E-state index contributed by atoms with van der Waals surface area (Å²) in [5.41, 5.74) is 8.35. The number of nitrogen functional groups attached to an aromatic ring is 1. The average molecular weight is 324 g/mol. The van der Waals surface area contributed by atoms with E-state index >= 15 is 0 Å². The number of benzene rings is 2. The largest absolute Gasteiger partial charge is 0.504 e. The van der Waals surface area contributed by atoms with Gasteiger partial charge in [-0.15, -0.1) is 0 Å². The number of rotatable bonds is 2. The van der Waals surface area contributed by atoms with Gasteiger partial charge in [-0.05, 0) is 52.7 Å². The molecule has 0 aliphatic carbocycles. The molecular formula is C14H14BrNO3. The van der Waals surface area contributed by atoms with Gasteiger partial charge in [0, 0.05) is 16.8 Å². The summed E-state index contributed by atoms with van der Waals surface area (Å²) in [5.74, 6) is 0.238. The lowest BCUT2D eigenvalue weighted by Gasteiger charge is -2.13. The average Bonchev–Trinajstić information content (AvgIpc) is 2.34. The Balaban J connectivity index is 2.72. The molecule has 0 unspecified atom stereocenters. The Labute approximate surface area is 119 Å². The second kappa shape index (κ2) is 5.01. The van der Waals surface area contributed by atoms with Gasteiger partial charge in [0.05, 0.1) is 11.6 Å². The van der Waals surface area contributed by atoms with E-state index in [4.69, 9.17) is 10.5 Å². The van der Waals surface area contributed by atoms with E-state index in [9.17, 15) is 10.2 Å². The van der Waals surface area contributed by atoms with Crippen LogP contribution in [0.25, 0.3) is 11.1 Å². The predicted molar refractivity (Wildman–Crippen MR) is 78.6 cm³/mol. The Morgan fingerprint density at radius 3 is 2.42 bits per heavy atom. The van der Waals surface area contributed by atoms with Gasteiger partial charge in [-0.3, -0.25) is 0 Å². The van der Waals surface area contributed by atoms with Gasteiger partial charge in [0.2, 0.25) is 0 Å². The molecule has 0 aliphatic heterocycles. The number of phenols is 2. The molecule has 0 atom stereocenters. The molecular weight excluding hydrogens is 310 g/mol. The maximum atomic E-state index is 9.97. The Morgan fingerprint density at radius 1 is 1.11 bits per heavy atom. The lowest BCUT2D eigenvalue weighted by atomic mass is 10.00. The normalized spacial score (nSPS) is 10.5. The zero-order chi connectivity index (χ0) is 14.2. The minimum absolute atomic E-state index is 0.170. The van der Waals surface area contributed by atoms with Crippen LogP contribution in [0.5, 0.6) is 17.2 Å². The highest BCUT2D eigenvalue weighted by molar-refractivity contribution is 9.10. The Morgan fingerprint density at radius 2 is 1.79 bits per heavy atom. The van der Waals surface area contributed by atoms with Gasteiger partial charge >= 0.3 is 0 Å². The molecule has 2 rings (SSSR count). The smallest absolute Gasteiger partial charge is 0.165 e. The second-order valence-corrected chi connectivity index (χ2v) is 5.11. The van der Waals surface area contributed by atoms with E-state index < -0.39 is 0 Å². The van der Waals surface area contributed by atoms with Crippen molar-refractivity contribution in [3.05, 3.63) is 34.3 Å². The molecule has 0 saturated carbocycles. The zero-order valence-electron chi connectivity index (χ0n) is 10.6. The highest BCUT2D eigenvalue weighted by Crippen LogP contribution is 2.42. The third-order valence-electron chi connectivity index (χ3n) is 2.85. The number of halogens is 1. The maximum absolute atomic E-state index is 9.97. The number of aryl methyl sites for hydroxylation is 1. The van der Waals surface area contributed by atoms with Gasteiger partial charge in [0.25, 0.3) is 0 Å². The summed E-state index contributed by atoms with van der Waals surface area (Å²) in [4.78, 5) is 0. The summed E-state index contributed by atoms with van der Waals surface area (Å²) in [7, 11) is 1.55. The van der Waals surface area contributed by atoms with Crippen LogP contribution in [0.3, 0.4) is 0 Å². The molecule has 4 nitrogen and oxygen atoms in total. The van der Waals surface area contributed by atoms with Gasteiger partial charge in [-0.2, -0.15) is 0 Å². The molecule has 4 N–H and O–H groups in total. The van der Waals surface area contributed by atoms with Crippen LogP contribution >= 0.6 is 15.9 Å². The monoisotopic (exact) mass is 323 g/mol. The Hall–Kier alpha value is -1.88. The second-order valence-electron chi connectivity index (χ2n) is 4.25. The minimum Gasteiger partial charge on any atom is -0.504 e. The van der Waals surface area contributed by atoms with Crippen molar-refractivity contribution in [2.75, 3.05) is 12.8 Å². The number of hydrogen-bond acceptors (Lipinski definition) is 4. The van der Waals surface area contributed by atoms with E-state index in [1.165, 1.54) is 6.07 Å². The molecule has 0 aromatic heterocycles. The van der Waals surface area contributed by atoms with Crippen molar-refractivity contribution in [3.8, 4) is 28.4 Å². The van der Waals surface area contributed by atoms with Crippen LogP contribution in [0.1, 0.15) is 5.56 Å². The number of aromatic hydroxyl groups is 2. The lowest BCUT2D eigenvalue weighted by Crippen LogP contribution is -1.94. The summed E-state index contributed by atoms with van der Waals surface area (Å²) >= 11 is 3.34. The van der Waals surface area contributed by atoms with Crippen LogP contribution < -0.4 is 10.5 Å². The molecule has 5 heteroatoms. The molecule has 2 aromatic carbocycles. The first-order chi connectivity index (χ1) is 8.93. The third-order valence-corrected chi connectivity index (χ3v) is 3.47. The van der Waals surface area contributed by atoms with E-state index in [1.54, 1.807) is 25.3 Å². The first-order valence-corrected chi connectivity index (χ1v) is 6.39. The molecule has 2 aromatic rings. The first-order valence-electron chi connectivity index (χ1n) is 5.60. The Kier molecular flexibility index (Phi) is 3.57. The molecule has 0 aliphatic rings. The maximum Gasteiger partial charge on any atom is 0.165 e. The highest BCUT2D eigenvalue weighted by Gasteiger charge is 2.15. The summed E-state index contributed by atoms with van der Waals surface area (Å²) in [6.45, 7) is 1.83. The summed E-state index contributed by atoms with van der Waals surface area (Å²) < 4.78 is 5.95. The fourth-order valence-electron chi connectivity index (χ4n) is 1.92. The number of nitrogens with two attached hydrogens (primary N) is 1. The van der Waals surface area contributed by atoms with Crippen molar-refractivity contribution in [1.29, 1.82) is 0 Å². The van der Waals surface area contributed by atoms with Crippen LogP contribution in [0.2, 0.25) is 0 Å². The van der Waals surface area contributed by atoms with Crippen molar-refractivity contribution < 1.29 is 14.9 Å². The van der Waals surface area contributed by atoms with Gasteiger partial charge < -0.3 is 20.7 Å². The molecule has 19 heavy (non-hydrogen) atoms. The number of anilines is 1. The zero-order valence-corrected chi connectivity index (χ0v) is 12.2. The molecule has 0 saturated heterocycles. The first kappa shape index (κ1) is 13.5. The fraction of sp³-hybridized carbons (Fsp3) is 0.143. The molecule has 0 amide bonds. The third kappa shape index (κ3) is 2.46. The number of hydrogen-bond donors (Lipinski definition) is 3. The molecule has 100 valence electrons. The molecule has 0 heterocycles. The molecule has 0 bridgehead atoms. The van der Waals surface area contributed by atoms with Crippen LogP contribution in [0, 0.1) is 6.92 Å². The number of phenolic OH excluding ortho intramolecular Hbond substituents is 2. The Bertz CT molecular complexity index is 641. The molecule has 0 fully saturated rings. The SMILES string of the molecule is COc1cc(-c2cc(C)cc(O)c2O)c(N)cc1Br. The van der Waals surface area contributed by atoms with E-state index in [0.29, 0.717) is 22.6 Å². The van der Waals surface area contributed by atoms with Gasteiger partial charge in [-0.25, -0.2) is 0 Å². The van der Waals surface area contributed by atoms with Crippen LogP contribution in [0.15, 0.2) is 28.7 Å². The van der Waals surface area contributed by atoms with E-state index in [0.717, 1.165) is 10.0 Å². The number of methoxy groups -OCH3 is 1. The van der Waals surface area contributed by atoms with E-state index in [1.807, 2.05) is 6.92 Å². The van der Waals surface area contributed by atoms with Crippen molar-refractivity contribution in [2.45, 2.75) is 6.92 Å². The quantitative estimate of drug-likeness (QED) is 0.584. The van der Waals surface area contributed by atoms with Crippen molar-refractivity contribution in [2.24, 2.45) is 0 Å². The van der Waals surface area contributed by atoms with Crippen molar-refractivity contribution in [3.63, 3.8) is 0 Å². The van der Waals surface area contributed by atoms with Crippen LogP contribution in [-0.4, -0.2) is 17.3 Å². The standard InChI is InChI=1S/C14H14BrNO3/c1-7-3-9(14(18)12(17)4-7)8-5-13(19-2)10(15)6-11(8)16/h3-6,17-18H,16H2,1-2H3. The van der Waals surface area contributed by atoms with Gasteiger partial charge in [-0.1, -0.05) is 0 Å². The molecule has 0 spiro atoms. The lowest BCUT2D eigenvalue weighted by molar-refractivity contribution is 0.404. The summed E-state index contributed by atoms with van der Waals surface area (Å²) in [6.07, 6.45) is 0. The highest BCUT2D eigenvalue weighted by atomic mass is 79.9. The van der Waals surface area contributed by atoms with Gasteiger partial charge in [0.15, 0.2) is 11.5 Å². The van der Waals surface area contributed by atoms with Crippen molar-refractivity contribution in [1.82, 2.24) is 0 Å². The summed E-state index contributed by atoms with van der Waals surface area (Å²) in [6, 6.07) is 6.67. The van der Waals surface area contributed by atoms with Crippen LogP contribution in [-0.2, 0) is 0 Å². The van der Waals surface area contributed by atoms with E-state index in [-0.39, 0.29) is 11.5 Å². The fourth-order valence-corrected chi connectivity index (χ4v) is 2.45. The number of ether oxygens (including phenoxy) is 1. The minimum atomic E-state index is -0.193. The summed E-state index contributed by atoms with van der Waals surface area (Å²) in [5, 5.41) is 19.7. The molecule has 0 radical (unpaired) electrons. The van der Waals surface area contributed by atoms with Gasteiger partial charge in [0.1, 0.15) is 5.75 Å². The predicted octanol–water partition coefficient (Wildman–Crippen LogP) is 3.43. The van der Waals surface area contributed by atoms with Crippen molar-refractivity contribution >= 4 is 21.6 Å².